The van der Waals surface area contributed by atoms with Gasteiger partial charge in [-0.3, -0.25) is 4.79 Å². The number of hydrogen-bond acceptors (Lipinski definition) is 3. The fourth-order valence-corrected chi connectivity index (χ4v) is 3.31. The molecule has 0 radical (unpaired) electrons. The molecule has 1 aliphatic rings. The maximum Gasteiger partial charge on any atom is 0.253 e. The van der Waals surface area contributed by atoms with Gasteiger partial charge in [0.2, 0.25) is 0 Å². The van der Waals surface area contributed by atoms with Crippen molar-refractivity contribution in [2.45, 2.75) is 44.6 Å². The van der Waals surface area contributed by atoms with E-state index in [1.54, 1.807) is 26.4 Å². The van der Waals surface area contributed by atoms with E-state index in [1.807, 2.05) is 18.0 Å². The van der Waals surface area contributed by atoms with Crippen LogP contribution in [0.3, 0.4) is 0 Å². The molecule has 23 heavy (non-hydrogen) atoms. The lowest BCUT2D eigenvalue weighted by Crippen LogP contribution is -2.38. The average molecular weight is 317 g/mol. The predicted octanol–water partition coefficient (Wildman–Crippen LogP) is 3.84. The van der Waals surface area contributed by atoms with Crippen molar-refractivity contribution in [3.05, 3.63) is 35.9 Å². The zero-order chi connectivity index (χ0) is 16.8. The second-order valence-electron chi connectivity index (χ2n) is 6.07. The predicted molar refractivity (Wildman–Crippen MR) is 92.4 cm³/mol. The van der Waals surface area contributed by atoms with Gasteiger partial charge < -0.3 is 14.4 Å². The topological polar surface area (TPSA) is 38.8 Å². The highest BCUT2D eigenvalue weighted by molar-refractivity contribution is 5.95. The maximum absolute atomic E-state index is 12.9. The number of carbonyl (C=O) groups excluding carboxylic acids is 1. The van der Waals surface area contributed by atoms with Gasteiger partial charge in [-0.25, -0.2) is 0 Å². The fraction of sp³-hybridized carbons (Fsp3) is 0.526. The van der Waals surface area contributed by atoms with Crippen LogP contribution in [0.4, 0.5) is 0 Å². The maximum atomic E-state index is 12.9. The quantitative estimate of drug-likeness (QED) is 0.748. The van der Waals surface area contributed by atoms with Crippen molar-refractivity contribution in [2.24, 2.45) is 0 Å². The van der Waals surface area contributed by atoms with Gasteiger partial charge >= 0.3 is 0 Å². The molecule has 1 amide bonds. The molecule has 0 heterocycles. The molecule has 1 aliphatic carbocycles. The fourth-order valence-electron chi connectivity index (χ4n) is 3.31. The Hall–Kier alpha value is -1.97. The van der Waals surface area contributed by atoms with Crippen molar-refractivity contribution in [3.63, 3.8) is 0 Å². The summed E-state index contributed by atoms with van der Waals surface area (Å²) < 4.78 is 10.8. The minimum absolute atomic E-state index is 0.0446. The van der Waals surface area contributed by atoms with Crippen LogP contribution in [0.25, 0.3) is 0 Å². The Morgan fingerprint density at radius 2 is 1.96 bits per heavy atom. The van der Waals surface area contributed by atoms with E-state index in [9.17, 15) is 4.79 Å². The third kappa shape index (κ3) is 3.87. The van der Waals surface area contributed by atoms with Gasteiger partial charge in [-0.2, -0.15) is 0 Å². The summed E-state index contributed by atoms with van der Waals surface area (Å²) in [5.41, 5.74) is 1.56. The van der Waals surface area contributed by atoms with Gasteiger partial charge in [-0.15, -0.1) is 6.58 Å². The van der Waals surface area contributed by atoms with Crippen LogP contribution in [0, 0.1) is 0 Å². The molecule has 2 rings (SSSR count). The Morgan fingerprint density at radius 3 is 2.52 bits per heavy atom. The van der Waals surface area contributed by atoms with Crippen LogP contribution in [0.5, 0.6) is 11.5 Å². The smallest absolute Gasteiger partial charge is 0.253 e. The number of nitrogens with zero attached hydrogens (tertiary/aromatic N) is 1. The lowest BCUT2D eigenvalue weighted by atomic mass is 9.94. The molecule has 0 aromatic heterocycles. The van der Waals surface area contributed by atoms with Crippen molar-refractivity contribution >= 4 is 5.91 Å². The van der Waals surface area contributed by atoms with Crippen LogP contribution in [-0.2, 0) is 6.42 Å². The Bertz CT molecular complexity index is 562. The van der Waals surface area contributed by atoms with Gasteiger partial charge in [-0.1, -0.05) is 25.3 Å². The molecule has 1 aromatic carbocycles. The molecule has 126 valence electrons. The molecular formula is C19H27NO3. The van der Waals surface area contributed by atoms with Crippen LogP contribution in [-0.4, -0.2) is 38.1 Å². The van der Waals surface area contributed by atoms with E-state index in [4.69, 9.17) is 9.47 Å². The van der Waals surface area contributed by atoms with E-state index in [0.717, 1.165) is 18.4 Å². The largest absolute Gasteiger partial charge is 0.493 e. The van der Waals surface area contributed by atoms with Crippen LogP contribution in [0.1, 0.15) is 48.0 Å². The number of rotatable bonds is 6. The van der Waals surface area contributed by atoms with Gasteiger partial charge in [0.25, 0.3) is 5.91 Å². The zero-order valence-corrected chi connectivity index (χ0v) is 14.4. The molecule has 4 nitrogen and oxygen atoms in total. The highest BCUT2D eigenvalue weighted by atomic mass is 16.5. The van der Waals surface area contributed by atoms with E-state index >= 15 is 0 Å². The minimum Gasteiger partial charge on any atom is -0.493 e. The molecule has 0 saturated heterocycles. The van der Waals surface area contributed by atoms with Gasteiger partial charge in [-0.05, 0) is 31.4 Å². The number of amides is 1. The second-order valence-corrected chi connectivity index (χ2v) is 6.07. The number of carbonyl (C=O) groups is 1. The first kappa shape index (κ1) is 17.4. The van der Waals surface area contributed by atoms with Crippen molar-refractivity contribution in [3.8, 4) is 11.5 Å². The monoisotopic (exact) mass is 317 g/mol. The van der Waals surface area contributed by atoms with E-state index in [0.29, 0.717) is 29.5 Å². The molecule has 1 fully saturated rings. The molecule has 1 saturated carbocycles. The van der Waals surface area contributed by atoms with Gasteiger partial charge in [0.1, 0.15) is 0 Å². The summed E-state index contributed by atoms with van der Waals surface area (Å²) in [6, 6.07) is 4.00. The molecule has 0 bridgehead atoms. The molecule has 0 spiro atoms. The summed E-state index contributed by atoms with van der Waals surface area (Å²) >= 11 is 0. The van der Waals surface area contributed by atoms with Crippen molar-refractivity contribution < 1.29 is 14.3 Å². The summed E-state index contributed by atoms with van der Waals surface area (Å²) in [5, 5.41) is 0. The van der Waals surface area contributed by atoms with Gasteiger partial charge in [0.05, 0.1) is 14.2 Å². The lowest BCUT2D eigenvalue weighted by Gasteiger charge is -2.31. The summed E-state index contributed by atoms with van der Waals surface area (Å²) in [6.07, 6.45) is 8.30. The molecule has 0 aliphatic heterocycles. The first-order valence-electron chi connectivity index (χ1n) is 8.25. The lowest BCUT2D eigenvalue weighted by molar-refractivity contribution is 0.0695. The zero-order valence-electron chi connectivity index (χ0n) is 14.4. The Kier molecular flexibility index (Phi) is 6.08. The van der Waals surface area contributed by atoms with Crippen molar-refractivity contribution in [1.29, 1.82) is 0 Å². The third-order valence-corrected chi connectivity index (χ3v) is 4.61. The molecule has 4 heteroatoms. The van der Waals surface area contributed by atoms with Crippen molar-refractivity contribution in [1.82, 2.24) is 4.90 Å². The first-order valence-corrected chi connectivity index (χ1v) is 8.25. The molecular weight excluding hydrogens is 290 g/mol. The van der Waals surface area contributed by atoms with Gasteiger partial charge in [0, 0.05) is 24.2 Å². The first-order chi connectivity index (χ1) is 11.1. The summed E-state index contributed by atoms with van der Waals surface area (Å²) in [6.45, 7) is 3.78. The second kappa shape index (κ2) is 8.04. The number of allylic oxidation sites excluding steroid dienone is 1. The summed E-state index contributed by atoms with van der Waals surface area (Å²) in [5.74, 6) is 1.31. The Morgan fingerprint density at radius 1 is 1.26 bits per heavy atom. The van der Waals surface area contributed by atoms with Crippen LogP contribution < -0.4 is 9.47 Å². The van der Waals surface area contributed by atoms with E-state index < -0.39 is 0 Å². The van der Waals surface area contributed by atoms with E-state index in [-0.39, 0.29) is 5.91 Å². The van der Waals surface area contributed by atoms with Gasteiger partial charge in [0.15, 0.2) is 11.5 Å². The third-order valence-electron chi connectivity index (χ3n) is 4.61. The summed E-state index contributed by atoms with van der Waals surface area (Å²) in [4.78, 5) is 14.8. The molecule has 1 aromatic rings. The van der Waals surface area contributed by atoms with Crippen LogP contribution >= 0.6 is 0 Å². The number of hydrogen-bond donors (Lipinski definition) is 0. The normalized spacial score (nSPS) is 15.1. The number of methoxy groups -OCH3 is 2. The molecule has 0 unspecified atom stereocenters. The minimum atomic E-state index is 0.0446. The highest BCUT2D eigenvalue weighted by Crippen LogP contribution is 2.34. The van der Waals surface area contributed by atoms with E-state index in [2.05, 4.69) is 6.58 Å². The van der Waals surface area contributed by atoms with Crippen LogP contribution in [0.2, 0.25) is 0 Å². The molecule has 0 N–H and O–H groups in total. The molecule has 0 atom stereocenters. The average Bonchev–Trinajstić information content (AvgIpc) is 2.60. The van der Waals surface area contributed by atoms with Crippen LogP contribution in [0.15, 0.2) is 24.8 Å². The SMILES string of the molecule is C=CCc1cc(C(=O)N(C)C2CCCCC2)cc(OC)c1OC. The van der Waals surface area contributed by atoms with Crippen molar-refractivity contribution in [2.75, 3.05) is 21.3 Å². The Labute approximate surface area is 139 Å². The van der Waals surface area contributed by atoms with E-state index in [1.165, 1.54) is 19.3 Å². The number of ether oxygens (including phenoxy) is 2. The highest BCUT2D eigenvalue weighted by Gasteiger charge is 2.24. The number of benzene rings is 1. The summed E-state index contributed by atoms with van der Waals surface area (Å²) in [7, 11) is 5.11. The Balaban J connectivity index is 2.31. The standard InChI is InChI=1S/C19H27NO3/c1-5-9-14-12-15(13-17(22-3)18(14)23-4)19(21)20(2)16-10-7-6-8-11-16/h5,12-13,16H,1,6-11H2,2-4H3.